The van der Waals surface area contributed by atoms with E-state index in [9.17, 15) is 8.78 Å². The first-order valence-corrected chi connectivity index (χ1v) is 6.96. The third-order valence-electron chi connectivity index (χ3n) is 3.75. The summed E-state index contributed by atoms with van der Waals surface area (Å²) in [4.78, 5) is 2.35. The van der Waals surface area contributed by atoms with Gasteiger partial charge in [0.15, 0.2) is 0 Å². The molecule has 0 aromatic heterocycles. The predicted molar refractivity (Wildman–Crippen MR) is 74.5 cm³/mol. The summed E-state index contributed by atoms with van der Waals surface area (Å²) < 4.78 is 31.9. The lowest BCUT2D eigenvalue weighted by Crippen LogP contribution is -2.54. The first-order chi connectivity index (χ1) is 9.49. The van der Waals surface area contributed by atoms with Crippen LogP contribution in [0, 0.1) is 11.6 Å². The summed E-state index contributed by atoms with van der Waals surface area (Å²) >= 11 is 0. The zero-order valence-corrected chi connectivity index (χ0v) is 12.1. The van der Waals surface area contributed by atoms with E-state index in [1.807, 2.05) is 0 Å². The van der Waals surface area contributed by atoms with Gasteiger partial charge >= 0.3 is 0 Å². The number of nitrogens with zero attached hydrogens (tertiary/aromatic N) is 1. The molecule has 112 valence electrons. The molecule has 0 unspecified atom stereocenters. The predicted octanol–water partition coefficient (Wildman–Crippen LogP) is 2.17. The monoisotopic (exact) mass is 284 g/mol. The molecule has 0 bridgehead atoms. The highest BCUT2D eigenvalue weighted by molar-refractivity contribution is 5.18. The zero-order chi connectivity index (χ0) is 14.6. The van der Waals surface area contributed by atoms with Gasteiger partial charge in [0.2, 0.25) is 0 Å². The van der Waals surface area contributed by atoms with E-state index < -0.39 is 5.82 Å². The Bertz CT molecular complexity index is 445. The number of rotatable bonds is 5. The van der Waals surface area contributed by atoms with Crippen LogP contribution in [0.3, 0.4) is 0 Å². The molecule has 20 heavy (non-hydrogen) atoms. The summed E-state index contributed by atoms with van der Waals surface area (Å²) in [6, 6.07) is 3.54. The lowest BCUT2D eigenvalue weighted by atomic mass is 10.0. The third-order valence-corrected chi connectivity index (χ3v) is 3.75. The molecule has 1 fully saturated rings. The summed E-state index contributed by atoms with van der Waals surface area (Å²) in [6.45, 7) is 8.65. The van der Waals surface area contributed by atoms with Gasteiger partial charge in [0.25, 0.3) is 0 Å². The average molecular weight is 284 g/mol. The average Bonchev–Trinajstić information content (AvgIpc) is 2.43. The van der Waals surface area contributed by atoms with Gasteiger partial charge in [-0.2, -0.15) is 0 Å². The molecule has 1 saturated heterocycles. The van der Waals surface area contributed by atoms with Crippen molar-refractivity contribution < 1.29 is 13.5 Å². The summed E-state index contributed by atoms with van der Waals surface area (Å²) in [7, 11) is 0. The summed E-state index contributed by atoms with van der Waals surface area (Å²) in [5.74, 6) is -0.779. The van der Waals surface area contributed by atoms with E-state index in [0.717, 1.165) is 32.4 Å². The maximum atomic E-state index is 13.5. The Balaban J connectivity index is 1.86. The van der Waals surface area contributed by atoms with E-state index in [1.54, 1.807) is 0 Å². The van der Waals surface area contributed by atoms with Gasteiger partial charge in [-0.1, -0.05) is 0 Å². The lowest BCUT2D eigenvalue weighted by Gasteiger charge is -2.41. The molecule has 2 rings (SSSR count). The normalized spacial score (nSPS) is 17.4. The Labute approximate surface area is 118 Å². The van der Waals surface area contributed by atoms with E-state index in [1.165, 1.54) is 12.1 Å². The van der Waals surface area contributed by atoms with Crippen LogP contribution < -0.4 is 5.32 Å². The highest BCUT2D eigenvalue weighted by atomic mass is 19.1. The van der Waals surface area contributed by atoms with Crippen molar-refractivity contribution in [3.8, 4) is 0 Å². The highest BCUT2D eigenvalue weighted by Crippen LogP contribution is 2.16. The van der Waals surface area contributed by atoms with Crippen LogP contribution in [-0.4, -0.2) is 43.3 Å². The van der Waals surface area contributed by atoms with Crippen molar-refractivity contribution in [1.29, 1.82) is 0 Å². The van der Waals surface area contributed by atoms with Crippen LogP contribution in [0.15, 0.2) is 18.2 Å². The van der Waals surface area contributed by atoms with Gasteiger partial charge in [0.1, 0.15) is 11.6 Å². The molecule has 0 spiro atoms. The summed E-state index contributed by atoms with van der Waals surface area (Å²) in [5.41, 5.74) is 0.330. The first-order valence-electron chi connectivity index (χ1n) is 6.96. The molecule has 0 saturated carbocycles. The molecule has 0 radical (unpaired) electrons. The van der Waals surface area contributed by atoms with Gasteiger partial charge in [-0.05, 0) is 32.0 Å². The number of hydrogen-bond donors (Lipinski definition) is 1. The Morgan fingerprint density at radius 3 is 2.65 bits per heavy atom. The van der Waals surface area contributed by atoms with Crippen molar-refractivity contribution in [2.45, 2.75) is 25.9 Å². The molecular weight excluding hydrogens is 262 g/mol. The molecule has 1 aromatic carbocycles. The maximum absolute atomic E-state index is 13.5. The van der Waals surface area contributed by atoms with Gasteiger partial charge in [-0.3, -0.25) is 4.90 Å². The van der Waals surface area contributed by atoms with Crippen LogP contribution in [0.4, 0.5) is 8.78 Å². The summed E-state index contributed by atoms with van der Waals surface area (Å²) in [6.07, 6.45) is 0. The molecule has 1 aromatic rings. The highest BCUT2D eigenvalue weighted by Gasteiger charge is 2.27. The molecule has 5 heteroatoms. The van der Waals surface area contributed by atoms with Crippen molar-refractivity contribution in [3.63, 3.8) is 0 Å². The van der Waals surface area contributed by atoms with E-state index in [2.05, 4.69) is 24.1 Å². The molecule has 1 aliphatic heterocycles. The molecule has 3 nitrogen and oxygen atoms in total. The minimum atomic E-state index is -0.407. The SMILES string of the molecule is CC(C)(CNCc1cc(F)ccc1F)N1CCOCC1. The van der Waals surface area contributed by atoms with Gasteiger partial charge in [0.05, 0.1) is 13.2 Å². The Morgan fingerprint density at radius 2 is 1.95 bits per heavy atom. The van der Waals surface area contributed by atoms with Gasteiger partial charge in [-0.25, -0.2) is 8.78 Å². The van der Waals surface area contributed by atoms with E-state index in [0.29, 0.717) is 18.7 Å². The van der Waals surface area contributed by atoms with Crippen LogP contribution in [-0.2, 0) is 11.3 Å². The van der Waals surface area contributed by atoms with Crippen LogP contribution in [0.25, 0.3) is 0 Å². The van der Waals surface area contributed by atoms with Crippen LogP contribution >= 0.6 is 0 Å². The smallest absolute Gasteiger partial charge is 0.127 e. The fourth-order valence-electron chi connectivity index (χ4n) is 2.46. The minimum absolute atomic E-state index is 0.0341. The van der Waals surface area contributed by atoms with Crippen molar-refractivity contribution in [3.05, 3.63) is 35.4 Å². The molecule has 0 atom stereocenters. The third kappa shape index (κ3) is 3.98. The first kappa shape index (κ1) is 15.4. The van der Waals surface area contributed by atoms with E-state index >= 15 is 0 Å². The molecule has 1 aliphatic rings. The minimum Gasteiger partial charge on any atom is -0.379 e. The molecule has 1 N–H and O–H groups in total. The number of ether oxygens (including phenoxy) is 1. The Morgan fingerprint density at radius 1 is 1.25 bits per heavy atom. The topological polar surface area (TPSA) is 24.5 Å². The molecule has 1 heterocycles. The van der Waals surface area contributed by atoms with E-state index in [4.69, 9.17) is 4.74 Å². The largest absolute Gasteiger partial charge is 0.379 e. The second-order valence-corrected chi connectivity index (χ2v) is 5.75. The van der Waals surface area contributed by atoms with Gasteiger partial charge in [0, 0.05) is 37.3 Å². The van der Waals surface area contributed by atoms with Crippen molar-refractivity contribution in [1.82, 2.24) is 10.2 Å². The van der Waals surface area contributed by atoms with Crippen LogP contribution in [0.2, 0.25) is 0 Å². The number of benzene rings is 1. The Kier molecular flexibility index (Phi) is 5.07. The lowest BCUT2D eigenvalue weighted by molar-refractivity contribution is -0.00968. The van der Waals surface area contributed by atoms with Crippen molar-refractivity contribution in [2.24, 2.45) is 0 Å². The van der Waals surface area contributed by atoms with Gasteiger partial charge < -0.3 is 10.1 Å². The number of morpholine rings is 1. The van der Waals surface area contributed by atoms with Gasteiger partial charge in [-0.15, -0.1) is 0 Å². The number of nitrogens with one attached hydrogen (secondary N) is 1. The van der Waals surface area contributed by atoms with Crippen LogP contribution in [0.1, 0.15) is 19.4 Å². The quantitative estimate of drug-likeness (QED) is 0.897. The van der Waals surface area contributed by atoms with E-state index in [-0.39, 0.29) is 11.4 Å². The zero-order valence-electron chi connectivity index (χ0n) is 12.1. The van der Waals surface area contributed by atoms with Crippen molar-refractivity contribution >= 4 is 0 Å². The fourth-order valence-corrected chi connectivity index (χ4v) is 2.46. The second-order valence-electron chi connectivity index (χ2n) is 5.75. The fraction of sp³-hybridized carbons (Fsp3) is 0.600. The molecule has 0 amide bonds. The second kappa shape index (κ2) is 6.61. The molecule has 0 aliphatic carbocycles. The standard InChI is InChI=1S/C15H22F2N2O/c1-15(2,19-5-7-20-8-6-19)11-18-10-12-9-13(16)3-4-14(12)17/h3-4,9,18H,5-8,10-11H2,1-2H3. The summed E-state index contributed by atoms with van der Waals surface area (Å²) in [5, 5.41) is 3.22. The number of halogens is 2. The Hall–Kier alpha value is -1.04. The molecular formula is C15H22F2N2O. The maximum Gasteiger partial charge on any atom is 0.127 e. The number of hydrogen-bond acceptors (Lipinski definition) is 3. The van der Waals surface area contributed by atoms with Crippen LogP contribution in [0.5, 0.6) is 0 Å². The van der Waals surface area contributed by atoms with Crippen molar-refractivity contribution in [2.75, 3.05) is 32.8 Å².